The fourth-order valence-electron chi connectivity index (χ4n) is 3.19. The number of aromatic hydroxyl groups is 1. The first-order chi connectivity index (χ1) is 12.5. The molecular formula is C17H21NO8S. The summed E-state index contributed by atoms with van der Waals surface area (Å²) >= 11 is 0. The number of amides is 1. The maximum Gasteiger partial charge on any atom is 0.258 e. The molecule has 3 N–H and O–H groups in total. The number of aliphatic hydroxyl groups excluding tert-OH is 1. The monoisotopic (exact) mass is 399 g/mol. The van der Waals surface area contributed by atoms with Crippen LogP contribution >= 0.6 is 0 Å². The lowest BCUT2D eigenvalue weighted by molar-refractivity contribution is -0.124. The van der Waals surface area contributed by atoms with Crippen LogP contribution in [0.1, 0.15) is 30.6 Å². The van der Waals surface area contributed by atoms with Crippen molar-refractivity contribution in [2.75, 3.05) is 18.1 Å². The highest BCUT2D eigenvalue weighted by Gasteiger charge is 2.37. The van der Waals surface area contributed by atoms with Crippen molar-refractivity contribution in [1.82, 2.24) is 5.32 Å². The van der Waals surface area contributed by atoms with E-state index in [4.69, 9.17) is 9.47 Å². The minimum Gasteiger partial charge on any atom is -0.507 e. The van der Waals surface area contributed by atoms with Crippen molar-refractivity contribution in [3.05, 3.63) is 17.7 Å². The topological polar surface area (TPSA) is 139 Å². The van der Waals surface area contributed by atoms with Crippen molar-refractivity contribution in [2.45, 2.75) is 38.0 Å². The second-order valence-corrected chi connectivity index (χ2v) is 9.54. The molecule has 1 aromatic carbocycles. The van der Waals surface area contributed by atoms with Gasteiger partial charge in [-0.25, -0.2) is 8.42 Å². The van der Waals surface area contributed by atoms with Gasteiger partial charge in [-0.1, -0.05) is 0 Å². The van der Waals surface area contributed by atoms with Crippen molar-refractivity contribution >= 4 is 21.5 Å². The molecule has 27 heavy (non-hydrogen) atoms. The molecular weight excluding hydrogens is 378 g/mol. The molecule has 2 atom stereocenters. The lowest BCUT2D eigenvalue weighted by Gasteiger charge is -2.32. The Labute approximate surface area is 156 Å². The molecule has 9 nitrogen and oxygen atoms in total. The van der Waals surface area contributed by atoms with E-state index < -0.39 is 45.9 Å². The smallest absolute Gasteiger partial charge is 0.258 e. The Morgan fingerprint density at radius 2 is 2.07 bits per heavy atom. The molecule has 0 spiro atoms. The summed E-state index contributed by atoms with van der Waals surface area (Å²) in [6, 6.07) is 1.74. The molecule has 2 aliphatic heterocycles. The molecule has 2 aliphatic rings. The van der Waals surface area contributed by atoms with Gasteiger partial charge in [0.25, 0.3) is 5.91 Å². The van der Waals surface area contributed by atoms with E-state index in [2.05, 4.69) is 5.32 Å². The first-order valence-electron chi connectivity index (χ1n) is 8.36. The number of hydrogen-bond donors (Lipinski definition) is 3. The summed E-state index contributed by atoms with van der Waals surface area (Å²) in [5.74, 6) is -1.61. The number of benzene rings is 1. The molecule has 0 bridgehead atoms. The quantitative estimate of drug-likeness (QED) is 0.632. The van der Waals surface area contributed by atoms with Gasteiger partial charge >= 0.3 is 0 Å². The molecule has 3 rings (SSSR count). The van der Waals surface area contributed by atoms with E-state index in [1.165, 1.54) is 12.1 Å². The molecule has 1 fully saturated rings. The van der Waals surface area contributed by atoms with Crippen molar-refractivity contribution in [3.8, 4) is 17.2 Å². The molecule has 148 valence electrons. The molecule has 0 aromatic heterocycles. The van der Waals surface area contributed by atoms with Gasteiger partial charge in [0.1, 0.15) is 28.4 Å². The summed E-state index contributed by atoms with van der Waals surface area (Å²) in [6.07, 6.45) is -1.03. The van der Waals surface area contributed by atoms with E-state index in [0.717, 1.165) is 0 Å². The van der Waals surface area contributed by atoms with Gasteiger partial charge in [0.15, 0.2) is 22.2 Å². The first-order valence-corrected chi connectivity index (χ1v) is 10.2. The third kappa shape index (κ3) is 4.33. The zero-order valence-corrected chi connectivity index (χ0v) is 15.7. The zero-order chi connectivity index (χ0) is 20.0. The molecule has 0 unspecified atom stereocenters. The average molecular weight is 399 g/mol. The second-order valence-electron chi connectivity index (χ2n) is 7.38. The number of carbonyl (C=O) groups is 2. The van der Waals surface area contributed by atoms with Crippen LogP contribution in [0.5, 0.6) is 17.2 Å². The zero-order valence-electron chi connectivity index (χ0n) is 14.9. The van der Waals surface area contributed by atoms with Crippen LogP contribution in [0.4, 0.5) is 0 Å². The van der Waals surface area contributed by atoms with Crippen LogP contribution in [0.15, 0.2) is 12.1 Å². The Bertz CT molecular complexity index is 892. The number of hydrogen-bond acceptors (Lipinski definition) is 8. The normalized spacial score (nSPS) is 25.4. The van der Waals surface area contributed by atoms with Crippen LogP contribution < -0.4 is 14.8 Å². The number of nitrogens with one attached hydrogen (secondary N) is 1. The van der Waals surface area contributed by atoms with E-state index in [-0.39, 0.29) is 40.8 Å². The fourth-order valence-corrected chi connectivity index (χ4v) is 4.93. The highest BCUT2D eigenvalue weighted by Crippen LogP contribution is 2.40. The van der Waals surface area contributed by atoms with Crippen molar-refractivity contribution in [3.63, 3.8) is 0 Å². The number of rotatable bonds is 4. The number of Topliss-reactive ketones (excluding diaryl/α,β-unsaturated/α-hetero) is 1. The minimum absolute atomic E-state index is 0.0745. The number of sulfone groups is 1. The average Bonchev–Trinajstić information content (AvgIpc) is 2.75. The molecule has 0 saturated carbocycles. The number of phenols is 1. The minimum atomic E-state index is -3.38. The van der Waals surface area contributed by atoms with Crippen molar-refractivity contribution in [2.24, 2.45) is 0 Å². The predicted octanol–water partition coefficient (Wildman–Crippen LogP) is -0.211. The summed E-state index contributed by atoms with van der Waals surface area (Å²) in [5, 5.41) is 22.2. The third-order valence-corrected chi connectivity index (χ3v) is 6.06. The maximum atomic E-state index is 12.2. The number of phenolic OH excluding ortho intramolecular Hbond substituents is 1. The van der Waals surface area contributed by atoms with Crippen LogP contribution in [0.3, 0.4) is 0 Å². The fraction of sp³-hybridized carbons (Fsp3) is 0.529. The van der Waals surface area contributed by atoms with Gasteiger partial charge < -0.3 is 25.0 Å². The van der Waals surface area contributed by atoms with Crippen LogP contribution in [0.25, 0.3) is 0 Å². The summed E-state index contributed by atoms with van der Waals surface area (Å²) in [4.78, 5) is 24.1. The summed E-state index contributed by atoms with van der Waals surface area (Å²) in [7, 11) is -3.38. The third-order valence-electron chi connectivity index (χ3n) is 4.35. The van der Waals surface area contributed by atoms with Gasteiger partial charge in [-0.15, -0.1) is 0 Å². The first kappa shape index (κ1) is 19.4. The van der Waals surface area contributed by atoms with Crippen LogP contribution in [-0.2, 0) is 14.6 Å². The lowest BCUT2D eigenvalue weighted by atomic mass is 9.92. The second kappa shape index (κ2) is 6.68. The number of carbonyl (C=O) groups excluding carboxylic acids is 2. The van der Waals surface area contributed by atoms with E-state index in [9.17, 15) is 28.2 Å². The van der Waals surface area contributed by atoms with E-state index in [0.29, 0.717) is 0 Å². The van der Waals surface area contributed by atoms with Crippen molar-refractivity contribution < 1.29 is 37.7 Å². The van der Waals surface area contributed by atoms with Gasteiger partial charge in [0.2, 0.25) is 0 Å². The molecule has 0 radical (unpaired) electrons. The number of fused-ring (bicyclic) bond motifs is 1. The number of ether oxygens (including phenoxy) is 2. The summed E-state index contributed by atoms with van der Waals surface area (Å²) < 4.78 is 33.9. The number of ketones is 1. The predicted molar refractivity (Wildman–Crippen MR) is 93.8 cm³/mol. The summed E-state index contributed by atoms with van der Waals surface area (Å²) in [5.41, 5.74) is -0.651. The Morgan fingerprint density at radius 3 is 2.70 bits per heavy atom. The molecule has 0 aliphatic carbocycles. The van der Waals surface area contributed by atoms with Gasteiger partial charge in [-0.3, -0.25) is 9.59 Å². The molecule has 1 saturated heterocycles. The number of aliphatic hydroxyl groups is 1. The van der Waals surface area contributed by atoms with Crippen LogP contribution in [-0.4, -0.2) is 66.2 Å². The lowest BCUT2D eigenvalue weighted by Crippen LogP contribution is -2.44. The van der Waals surface area contributed by atoms with Gasteiger partial charge in [-0.2, -0.15) is 0 Å². The Morgan fingerprint density at radius 1 is 1.37 bits per heavy atom. The van der Waals surface area contributed by atoms with Crippen molar-refractivity contribution in [1.29, 1.82) is 0 Å². The Kier molecular flexibility index (Phi) is 4.81. The van der Waals surface area contributed by atoms with E-state index >= 15 is 0 Å². The van der Waals surface area contributed by atoms with Gasteiger partial charge in [0, 0.05) is 12.1 Å². The summed E-state index contributed by atoms with van der Waals surface area (Å²) in [6.45, 7) is 3.03. The van der Waals surface area contributed by atoms with Gasteiger partial charge in [0.05, 0.1) is 30.1 Å². The SMILES string of the molecule is CC1(C)CC(=O)c2c(O)cc(OCC(=O)N[C@H]3CS(=O)(=O)C[C@H]3O)cc2O1. The van der Waals surface area contributed by atoms with E-state index in [1.807, 2.05) is 0 Å². The van der Waals surface area contributed by atoms with E-state index in [1.54, 1.807) is 13.8 Å². The molecule has 1 amide bonds. The Balaban J connectivity index is 1.66. The van der Waals surface area contributed by atoms with Crippen LogP contribution in [0.2, 0.25) is 0 Å². The van der Waals surface area contributed by atoms with Gasteiger partial charge in [-0.05, 0) is 13.8 Å². The Hall–Kier alpha value is -2.33. The highest BCUT2D eigenvalue weighted by atomic mass is 32.2. The largest absolute Gasteiger partial charge is 0.507 e. The maximum absolute atomic E-state index is 12.2. The molecule has 10 heteroatoms. The molecule has 2 heterocycles. The standard InChI is InChI=1S/C17H21NO8S/c1-17(2)5-12(20)16-11(19)3-9(4-14(16)26-17)25-6-15(22)18-10-7-27(23,24)8-13(10)21/h3-4,10,13,19,21H,5-8H2,1-2H3,(H,18,22)/t10-,13+/m0/s1. The highest BCUT2D eigenvalue weighted by molar-refractivity contribution is 7.91. The van der Waals surface area contributed by atoms with Crippen LogP contribution in [0, 0.1) is 0 Å². The molecule has 1 aromatic rings.